The van der Waals surface area contributed by atoms with Crippen molar-refractivity contribution in [3.8, 4) is 0 Å². The lowest BCUT2D eigenvalue weighted by molar-refractivity contribution is -0.116. The molecule has 1 heterocycles. The first-order valence-electron chi connectivity index (χ1n) is 6.74. The molecule has 1 aromatic rings. The Balaban J connectivity index is 1.88. The Bertz CT molecular complexity index is 464. The van der Waals surface area contributed by atoms with Crippen molar-refractivity contribution in [2.24, 2.45) is 0 Å². The summed E-state index contributed by atoms with van der Waals surface area (Å²) in [5.74, 6) is -3.69. The van der Waals surface area contributed by atoms with Crippen molar-refractivity contribution in [3.63, 3.8) is 0 Å². The molecule has 1 aliphatic heterocycles. The number of hydrogen-bond acceptors (Lipinski definition) is 2. The molecule has 1 fully saturated rings. The number of carbonyl (C=O) groups is 1. The Hall–Kier alpha value is -1.56. The van der Waals surface area contributed by atoms with E-state index in [2.05, 4.69) is 10.6 Å². The lowest BCUT2D eigenvalue weighted by atomic mass is 10.0. The third kappa shape index (κ3) is 3.96. The number of halogens is 3. The van der Waals surface area contributed by atoms with E-state index in [1.54, 1.807) is 0 Å². The summed E-state index contributed by atoms with van der Waals surface area (Å²) in [6.45, 7) is 0.938. The zero-order valence-electron chi connectivity index (χ0n) is 11.0. The number of benzene rings is 1. The maximum atomic E-state index is 13.4. The minimum atomic E-state index is -1.10. The summed E-state index contributed by atoms with van der Waals surface area (Å²) < 4.78 is 39.5. The summed E-state index contributed by atoms with van der Waals surface area (Å²) in [6.07, 6.45) is 4.06. The Morgan fingerprint density at radius 1 is 1.25 bits per heavy atom. The summed E-state index contributed by atoms with van der Waals surface area (Å²) in [6, 6.07) is 1.36. The lowest BCUT2D eigenvalue weighted by Crippen LogP contribution is -2.34. The first-order valence-corrected chi connectivity index (χ1v) is 6.74. The van der Waals surface area contributed by atoms with Crippen molar-refractivity contribution < 1.29 is 18.0 Å². The van der Waals surface area contributed by atoms with Crippen LogP contribution in [0.25, 0.3) is 0 Å². The molecule has 0 saturated carbocycles. The van der Waals surface area contributed by atoms with E-state index in [9.17, 15) is 18.0 Å². The first-order chi connectivity index (χ1) is 9.56. The van der Waals surface area contributed by atoms with Crippen molar-refractivity contribution in [1.29, 1.82) is 0 Å². The van der Waals surface area contributed by atoms with Crippen LogP contribution in [0.3, 0.4) is 0 Å². The lowest BCUT2D eigenvalue weighted by Gasteiger charge is -2.23. The fourth-order valence-corrected chi connectivity index (χ4v) is 2.34. The molecule has 110 valence electrons. The highest BCUT2D eigenvalue weighted by molar-refractivity contribution is 5.90. The third-order valence-corrected chi connectivity index (χ3v) is 3.40. The minimum Gasteiger partial charge on any atom is -0.321 e. The Labute approximate surface area is 115 Å². The van der Waals surface area contributed by atoms with Gasteiger partial charge in [0.1, 0.15) is 11.5 Å². The van der Waals surface area contributed by atoms with Gasteiger partial charge < -0.3 is 10.6 Å². The van der Waals surface area contributed by atoms with Crippen LogP contribution in [0.5, 0.6) is 0 Å². The Morgan fingerprint density at radius 2 is 1.95 bits per heavy atom. The Morgan fingerprint density at radius 3 is 2.55 bits per heavy atom. The van der Waals surface area contributed by atoms with Crippen molar-refractivity contribution in [1.82, 2.24) is 5.32 Å². The highest BCUT2D eigenvalue weighted by Gasteiger charge is 2.17. The van der Waals surface area contributed by atoms with Gasteiger partial charge in [-0.1, -0.05) is 6.42 Å². The summed E-state index contributed by atoms with van der Waals surface area (Å²) >= 11 is 0. The summed E-state index contributed by atoms with van der Waals surface area (Å²) in [4.78, 5) is 11.7. The van der Waals surface area contributed by atoms with Gasteiger partial charge in [-0.05, 0) is 25.8 Å². The van der Waals surface area contributed by atoms with Gasteiger partial charge in [0.25, 0.3) is 0 Å². The molecule has 1 amide bonds. The van der Waals surface area contributed by atoms with Gasteiger partial charge in [0.2, 0.25) is 5.91 Å². The summed E-state index contributed by atoms with van der Waals surface area (Å²) in [5, 5.41) is 5.45. The number of hydrogen-bond donors (Lipinski definition) is 2. The molecule has 2 N–H and O–H groups in total. The second-order valence-corrected chi connectivity index (χ2v) is 4.98. The predicted octanol–water partition coefficient (Wildman–Crippen LogP) is 2.96. The van der Waals surface area contributed by atoms with Gasteiger partial charge in [-0.2, -0.15) is 0 Å². The molecule has 0 bridgehead atoms. The van der Waals surface area contributed by atoms with Crippen molar-refractivity contribution in [2.75, 3.05) is 11.9 Å². The monoisotopic (exact) mass is 286 g/mol. The predicted molar refractivity (Wildman–Crippen MR) is 69.8 cm³/mol. The maximum Gasteiger partial charge on any atom is 0.224 e. The van der Waals surface area contributed by atoms with Gasteiger partial charge >= 0.3 is 0 Å². The minimum absolute atomic E-state index is 0.175. The molecule has 1 atom stereocenters. The van der Waals surface area contributed by atoms with Crippen LogP contribution in [0.4, 0.5) is 18.9 Å². The first kappa shape index (κ1) is 14.8. The molecule has 6 heteroatoms. The molecule has 0 radical (unpaired) electrons. The van der Waals surface area contributed by atoms with Crippen LogP contribution in [0.15, 0.2) is 12.1 Å². The van der Waals surface area contributed by atoms with Crippen LogP contribution < -0.4 is 10.6 Å². The number of carbonyl (C=O) groups excluding carboxylic acids is 1. The number of amides is 1. The quantitative estimate of drug-likeness (QED) is 0.893. The second-order valence-electron chi connectivity index (χ2n) is 4.98. The zero-order valence-corrected chi connectivity index (χ0v) is 11.0. The van der Waals surface area contributed by atoms with Crippen LogP contribution in [-0.4, -0.2) is 18.5 Å². The maximum absolute atomic E-state index is 13.4. The second kappa shape index (κ2) is 6.74. The van der Waals surface area contributed by atoms with Gasteiger partial charge in [0, 0.05) is 24.6 Å². The van der Waals surface area contributed by atoms with Crippen LogP contribution in [0, 0.1) is 17.5 Å². The fraction of sp³-hybridized carbons (Fsp3) is 0.500. The highest BCUT2D eigenvalue weighted by Crippen LogP contribution is 2.21. The molecular formula is C14H17F3N2O. The van der Waals surface area contributed by atoms with Crippen molar-refractivity contribution >= 4 is 11.6 Å². The SMILES string of the molecule is O=C(CCC1CCCCN1)Nc1c(F)cc(F)cc1F. The van der Waals surface area contributed by atoms with E-state index >= 15 is 0 Å². The smallest absolute Gasteiger partial charge is 0.224 e. The molecule has 20 heavy (non-hydrogen) atoms. The molecule has 0 aromatic heterocycles. The van der Waals surface area contributed by atoms with Gasteiger partial charge in [0.05, 0.1) is 0 Å². The van der Waals surface area contributed by atoms with Crippen LogP contribution in [-0.2, 0) is 4.79 Å². The Kier molecular flexibility index (Phi) is 5.00. The molecule has 0 spiro atoms. The van der Waals surface area contributed by atoms with Crippen LogP contribution in [0.1, 0.15) is 32.1 Å². The largest absolute Gasteiger partial charge is 0.321 e. The van der Waals surface area contributed by atoms with E-state index in [0.717, 1.165) is 25.8 Å². The van der Waals surface area contributed by atoms with Gasteiger partial charge in [-0.15, -0.1) is 0 Å². The van der Waals surface area contributed by atoms with E-state index < -0.39 is 29.0 Å². The number of rotatable bonds is 4. The molecule has 0 aliphatic carbocycles. The van der Waals surface area contributed by atoms with Gasteiger partial charge in [-0.3, -0.25) is 4.79 Å². The van der Waals surface area contributed by atoms with E-state index in [-0.39, 0.29) is 12.5 Å². The van der Waals surface area contributed by atoms with E-state index in [1.165, 1.54) is 0 Å². The average molecular weight is 286 g/mol. The standard InChI is InChI=1S/C14H17F3N2O/c15-9-7-11(16)14(12(17)8-9)19-13(20)5-4-10-3-1-2-6-18-10/h7-8,10,18H,1-6H2,(H,19,20). The molecule has 1 aromatic carbocycles. The third-order valence-electron chi connectivity index (χ3n) is 3.40. The molecule has 1 unspecified atom stereocenters. The number of anilines is 1. The molecular weight excluding hydrogens is 269 g/mol. The van der Waals surface area contributed by atoms with Crippen LogP contribution >= 0.6 is 0 Å². The summed E-state index contributed by atoms with van der Waals surface area (Å²) in [5.41, 5.74) is -0.590. The molecule has 3 nitrogen and oxygen atoms in total. The normalized spacial score (nSPS) is 18.9. The molecule has 2 rings (SSSR count). The topological polar surface area (TPSA) is 41.1 Å². The zero-order chi connectivity index (χ0) is 14.5. The van der Waals surface area contributed by atoms with Crippen molar-refractivity contribution in [3.05, 3.63) is 29.6 Å². The van der Waals surface area contributed by atoms with Gasteiger partial charge in [-0.25, -0.2) is 13.2 Å². The average Bonchev–Trinajstić information content (AvgIpc) is 2.42. The fourth-order valence-electron chi connectivity index (χ4n) is 2.34. The molecule has 1 saturated heterocycles. The summed E-state index contributed by atoms with van der Waals surface area (Å²) in [7, 11) is 0. The van der Waals surface area contributed by atoms with Crippen molar-refractivity contribution in [2.45, 2.75) is 38.1 Å². The van der Waals surface area contributed by atoms with E-state index in [1.807, 2.05) is 0 Å². The highest BCUT2D eigenvalue weighted by atomic mass is 19.1. The number of piperidine rings is 1. The van der Waals surface area contributed by atoms with Crippen LogP contribution in [0.2, 0.25) is 0 Å². The van der Waals surface area contributed by atoms with Gasteiger partial charge in [0.15, 0.2) is 11.6 Å². The molecule has 1 aliphatic rings. The van der Waals surface area contributed by atoms with E-state index in [0.29, 0.717) is 18.6 Å². The van der Waals surface area contributed by atoms with E-state index in [4.69, 9.17) is 0 Å². The number of nitrogens with one attached hydrogen (secondary N) is 2.